The zero-order chi connectivity index (χ0) is 32.3. The van der Waals surface area contributed by atoms with Gasteiger partial charge < -0.3 is 26.4 Å². The fourth-order valence-electron chi connectivity index (χ4n) is 8.21. The van der Waals surface area contributed by atoms with E-state index in [4.69, 9.17) is 16.2 Å². The van der Waals surface area contributed by atoms with E-state index in [0.29, 0.717) is 23.3 Å². The molecule has 3 aliphatic carbocycles. The van der Waals surface area contributed by atoms with Crippen molar-refractivity contribution in [3.8, 4) is 11.5 Å². The Morgan fingerprint density at radius 1 is 1.04 bits per heavy atom. The van der Waals surface area contributed by atoms with Crippen LogP contribution >= 0.6 is 0 Å². The Labute approximate surface area is 269 Å². The lowest BCUT2D eigenvalue weighted by Gasteiger charge is -2.44. The SMILES string of the molecule is C[C@@H]1CCc2cc3ccc2[C@H]1C[C@@H](S(=O)(=O)O)[C@@H]1C=C([C@@H](O)c2ccc(O)cc2)C[C@@H]2C=Cc4cc(ccc4[C@H]12)[C@@H](N=C(N)N)O3. The van der Waals surface area contributed by atoms with E-state index in [0.717, 1.165) is 40.7 Å². The number of guanidine groups is 1. The van der Waals surface area contributed by atoms with Crippen molar-refractivity contribution < 1.29 is 27.9 Å². The molecule has 4 aliphatic heterocycles. The minimum atomic E-state index is -4.54. The van der Waals surface area contributed by atoms with Crippen LogP contribution < -0.4 is 16.2 Å². The van der Waals surface area contributed by atoms with Crippen LogP contribution in [-0.4, -0.2) is 34.4 Å². The Morgan fingerprint density at radius 2 is 1.80 bits per heavy atom. The first-order valence-electron chi connectivity index (χ1n) is 15.8. The lowest BCUT2D eigenvalue weighted by Crippen LogP contribution is -2.40. The van der Waals surface area contributed by atoms with E-state index in [1.54, 1.807) is 12.1 Å². The molecular weight excluding hydrogens is 602 g/mol. The molecule has 8 bridgehead atoms. The number of hydrogen-bond donors (Lipinski definition) is 5. The Bertz CT molecular complexity index is 1860. The number of aliphatic hydroxyl groups excluding tert-OH is 1. The summed E-state index contributed by atoms with van der Waals surface area (Å²) in [6.45, 7) is 2.14. The van der Waals surface area contributed by atoms with Crippen molar-refractivity contribution in [3.63, 3.8) is 0 Å². The number of benzene rings is 3. The maximum Gasteiger partial charge on any atom is 0.268 e. The molecule has 0 unspecified atom stereocenters. The van der Waals surface area contributed by atoms with Gasteiger partial charge >= 0.3 is 0 Å². The summed E-state index contributed by atoms with van der Waals surface area (Å²) in [5.74, 6) is -0.367. The van der Waals surface area contributed by atoms with E-state index in [-0.39, 0.29) is 41.8 Å². The van der Waals surface area contributed by atoms with E-state index >= 15 is 0 Å². The third-order valence-electron chi connectivity index (χ3n) is 10.5. The van der Waals surface area contributed by atoms with Gasteiger partial charge in [-0.05, 0) is 113 Å². The van der Waals surface area contributed by atoms with Crippen LogP contribution in [0.5, 0.6) is 11.5 Å². The summed E-state index contributed by atoms with van der Waals surface area (Å²) in [6, 6.07) is 18.1. The number of aromatic hydroxyl groups is 1. The lowest BCUT2D eigenvalue weighted by molar-refractivity contribution is 0.195. The number of hydrogen-bond acceptors (Lipinski definition) is 6. The molecule has 0 aromatic heterocycles. The van der Waals surface area contributed by atoms with Gasteiger partial charge in [0.05, 0.1) is 5.25 Å². The third kappa shape index (κ3) is 5.59. The topological polar surface area (TPSA) is 168 Å². The van der Waals surface area contributed by atoms with Gasteiger partial charge in [0.2, 0.25) is 6.23 Å². The minimum absolute atomic E-state index is 0.0922. The molecule has 8 atom stereocenters. The molecule has 0 saturated carbocycles. The molecule has 7 aliphatic rings. The number of rotatable bonds is 4. The van der Waals surface area contributed by atoms with Crippen LogP contribution in [0.3, 0.4) is 0 Å². The Kier molecular flexibility index (Phi) is 7.70. The zero-order valence-electron chi connectivity index (χ0n) is 25.5. The van der Waals surface area contributed by atoms with Crippen molar-refractivity contribution in [2.45, 2.75) is 62.0 Å². The van der Waals surface area contributed by atoms with Crippen molar-refractivity contribution in [2.24, 2.45) is 34.2 Å². The molecule has 0 radical (unpaired) electrons. The van der Waals surface area contributed by atoms with Crippen molar-refractivity contribution >= 4 is 22.2 Å². The highest BCUT2D eigenvalue weighted by Gasteiger charge is 2.46. The predicted molar refractivity (Wildman–Crippen MR) is 177 cm³/mol. The summed E-state index contributed by atoms with van der Waals surface area (Å²) < 4.78 is 44.4. The van der Waals surface area contributed by atoms with Crippen LogP contribution in [0.1, 0.15) is 83.7 Å². The monoisotopic (exact) mass is 641 g/mol. The number of nitrogens with zero attached hydrogens (tertiary/aromatic N) is 1. The highest BCUT2D eigenvalue weighted by atomic mass is 32.2. The van der Waals surface area contributed by atoms with Crippen LogP contribution in [0.2, 0.25) is 0 Å². The zero-order valence-corrected chi connectivity index (χ0v) is 26.3. The number of phenols is 1. The number of ether oxygens (including phenoxy) is 1. The van der Waals surface area contributed by atoms with E-state index in [2.05, 4.69) is 18.0 Å². The average molecular weight is 642 g/mol. The quantitative estimate of drug-likeness (QED) is 0.108. The molecule has 240 valence electrons. The van der Waals surface area contributed by atoms with Crippen LogP contribution in [0.15, 0.2) is 83.4 Å². The van der Waals surface area contributed by atoms with Gasteiger partial charge in [-0.3, -0.25) is 4.55 Å². The van der Waals surface area contributed by atoms with Crippen molar-refractivity contribution in [2.75, 3.05) is 0 Å². The smallest absolute Gasteiger partial charge is 0.268 e. The normalized spacial score (nSPS) is 28.8. The van der Waals surface area contributed by atoms with Crippen molar-refractivity contribution in [3.05, 3.63) is 112 Å². The summed E-state index contributed by atoms with van der Waals surface area (Å²) in [4.78, 5) is 4.41. The average Bonchev–Trinajstić information content (AvgIpc) is 3.02. The Hall–Kier alpha value is -4.12. The summed E-state index contributed by atoms with van der Waals surface area (Å²) in [5, 5.41) is 20.3. The van der Waals surface area contributed by atoms with Crippen molar-refractivity contribution in [1.82, 2.24) is 0 Å². The second-order valence-corrected chi connectivity index (χ2v) is 14.9. The van der Waals surface area contributed by atoms with Gasteiger partial charge in [-0.25, -0.2) is 4.99 Å². The fraction of sp³-hybridized carbons (Fsp3) is 0.361. The Balaban J connectivity index is 1.44. The number of aliphatic hydroxyl groups is 1. The van der Waals surface area contributed by atoms with E-state index < -0.39 is 33.6 Å². The standard InChI is InChI=1S/C36H39N3O6S/c1-19-2-3-22-16-27-11-13-28(22)30(19)18-32(46(42,43)44)31-17-25(34(41)20-6-9-26(40)10-7-20)15-23-5-4-21-14-24(8-12-29(21)33(23)31)35(45-27)39-36(37)38/h4-14,16-17,19,23,30-35,40-41H,2-3,15,18H2,1H3,(H4,37,38,39)(H,42,43,44)/t19-,23+,30+,31+,32-,33-,34+,35+/m1/s1. The second kappa shape index (κ2) is 11.6. The maximum atomic E-state index is 13.5. The molecular formula is C36H39N3O6S. The molecule has 10 heteroatoms. The minimum Gasteiger partial charge on any atom is -0.508 e. The summed E-state index contributed by atoms with van der Waals surface area (Å²) in [5.41, 5.74) is 17.7. The van der Waals surface area contributed by atoms with Gasteiger partial charge in [0, 0.05) is 11.5 Å². The molecule has 9 nitrogen and oxygen atoms in total. The molecule has 0 saturated heterocycles. The molecule has 46 heavy (non-hydrogen) atoms. The van der Waals surface area contributed by atoms with Gasteiger partial charge in [0.15, 0.2) is 5.96 Å². The fourth-order valence-corrected chi connectivity index (χ4v) is 9.30. The molecule has 4 heterocycles. The second-order valence-electron chi connectivity index (χ2n) is 13.3. The molecule has 3 aromatic rings. The van der Waals surface area contributed by atoms with Crippen LogP contribution in [0, 0.1) is 17.8 Å². The van der Waals surface area contributed by atoms with Crippen LogP contribution in [-0.2, 0) is 16.5 Å². The highest BCUT2D eigenvalue weighted by Crippen LogP contribution is 2.53. The van der Waals surface area contributed by atoms with Crippen molar-refractivity contribution in [1.29, 1.82) is 0 Å². The lowest BCUT2D eigenvalue weighted by atomic mass is 9.63. The number of phenolic OH excluding ortho intramolecular Hbond substituents is 1. The molecule has 0 fully saturated rings. The number of aryl methyl sites for hydroxylation is 1. The number of nitrogens with two attached hydrogens (primary N) is 2. The Morgan fingerprint density at radius 3 is 2.54 bits per heavy atom. The van der Waals surface area contributed by atoms with Gasteiger partial charge in [-0.1, -0.05) is 55.5 Å². The van der Waals surface area contributed by atoms with Gasteiger partial charge in [-0.2, -0.15) is 8.42 Å². The summed E-state index contributed by atoms with van der Waals surface area (Å²) in [7, 11) is -4.54. The highest BCUT2D eigenvalue weighted by molar-refractivity contribution is 7.86. The summed E-state index contributed by atoms with van der Waals surface area (Å²) >= 11 is 0. The summed E-state index contributed by atoms with van der Waals surface area (Å²) in [6.07, 6.45) is 6.61. The predicted octanol–water partition coefficient (Wildman–Crippen LogP) is 5.48. The molecule has 7 N–H and O–H groups in total. The first kappa shape index (κ1) is 30.5. The molecule has 3 aromatic carbocycles. The molecule has 0 spiro atoms. The van der Waals surface area contributed by atoms with Gasteiger partial charge in [0.25, 0.3) is 10.1 Å². The molecule has 0 amide bonds. The van der Waals surface area contributed by atoms with Crippen LogP contribution in [0.4, 0.5) is 0 Å². The van der Waals surface area contributed by atoms with Crippen LogP contribution in [0.25, 0.3) is 6.08 Å². The first-order valence-corrected chi connectivity index (χ1v) is 17.3. The maximum absolute atomic E-state index is 13.5. The van der Waals surface area contributed by atoms with E-state index in [1.165, 1.54) is 12.1 Å². The van der Waals surface area contributed by atoms with Gasteiger partial charge in [0.1, 0.15) is 17.6 Å². The number of allylic oxidation sites excluding steroid dienone is 2. The molecule has 10 rings (SSSR count). The first-order chi connectivity index (χ1) is 22.0. The number of aliphatic imine (C=N–C) groups is 1. The third-order valence-corrected chi connectivity index (χ3v) is 11.7. The largest absolute Gasteiger partial charge is 0.508 e. The van der Waals surface area contributed by atoms with E-state index in [9.17, 15) is 23.2 Å². The van der Waals surface area contributed by atoms with Gasteiger partial charge in [-0.15, -0.1) is 0 Å². The van der Waals surface area contributed by atoms with E-state index in [1.807, 2.05) is 48.6 Å².